The van der Waals surface area contributed by atoms with E-state index in [0.717, 1.165) is 43.2 Å². The Balaban J connectivity index is 2.58. The Kier molecular flexibility index (Phi) is 5.70. The van der Waals surface area contributed by atoms with Gasteiger partial charge in [0.2, 0.25) is 5.91 Å². The van der Waals surface area contributed by atoms with Crippen molar-refractivity contribution in [3.8, 4) is 0 Å². The second kappa shape index (κ2) is 7.05. The highest BCUT2D eigenvalue weighted by Crippen LogP contribution is 2.26. The van der Waals surface area contributed by atoms with Gasteiger partial charge in [-0.3, -0.25) is 14.9 Å². The van der Waals surface area contributed by atoms with Crippen molar-refractivity contribution in [3.05, 3.63) is 16.3 Å². The lowest BCUT2D eigenvalue weighted by Gasteiger charge is -2.12. The van der Waals surface area contributed by atoms with Gasteiger partial charge in [-0.1, -0.05) is 26.7 Å². The Morgan fingerprint density at radius 3 is 2.83 bits per heavy atom. The largest absolute Gasteiger partial charge is 0.345 e. The molecule has 1 amide bonds. The third-order valence-electron chi connectivity index (χ3n) is 2.67. The molecule has 1 aromatic rings. The van der Waals surface area contributed by atoms with E-state index < -0.39 is 4.92 Å². The Morgan fingerprint density at radius 1 is 1.61 bits per heavy atom. The molecule has 1 rings (SSSR count). The molecule has 0 saturated carbocycles. The Hall–Kier alpha value is -1.50. The second-order valence-electron chi connectivity index (χ2n) is 4.00. The SMILES string of the molecule is CCCC[C@@H](CC)C(=O)Nc1ncc([N+](=O)[O-])s1. The average molecular weight is 271 g/mol. The molecule has 0 fully saturated rings. The Bertz CT molecular complexity index is 419. The van der Waals surface area contributed by atoms with Crippen LogP contribution in [0, 0.1) is 16.0 Å². The number of hydrogen-bond acceptors (Lipinski definition) is 5. The molecule has 7 heteroatoms. The molecule has 0 bridgehead atoms. The Labute approximate surface area is 110 Å². The van der Waals surface area contributed by atoms with Gasteiger partial charge in [0.15, 0.2) is 5.13 Å². The maximum absolute atomic E-state index is 11.9. The lowest BCUT2D eigenvalue weighted by Crippen LogP contribution is -2.22. The fraction of sp³-hybridized carbons (Fsp3) is 0.636. The van der Waals surface area contributed by atoms with E-state index >= 15 is 0 Å². The molecule has 0 aliphatic rings. The molecule has 0 aliphatic carbocycles. The van der Waals surface area contributed by atoms with Crippen molar-refractivity contribution in [1.82, 2.24) is 4.98 Å². The first-order valence-electron chi connectivity index (χ1n) is 5.99. The standard InChI is InChI=1S/C11H17N3O3S/c1-3-5-6-8(4-2)10(15)13-11-12-7-9(18-11)14(16)17/h7-8H,3-6H2,1-2H3,(H,12,13,15)/t8-/m1/s1. The van der Waals surface area contributed by atoms with E-state index in [9.17, 15) is 14.9 Å². The van der Waals surface area contributed by atoms with Crippen LogP contribution in [-0.2, 0) is 4.79 Å². The van der Waals surface area contributed by atoms with Gasteiger partial charge >= 0.3 is 5.00 Å². The van der Waals surface area contributed by atoms with Crippen LogP contribution in [0.1, 0.15) is 39.5 Å². The zero-order valence-electron chi connectivity index (χ0n) is 10.5. The summed E-state index contributed by atoms with van der Waals surface area (Å²) in [6.45, 7) is 4.04. The highest BCUT2D eigenvalue weighted by atomic mass is 32.1. The number of amides is 1. The van der Waals surface area contributed by atoms with Gasteiger partial charge in [0.25, 0.3) is 0 Å². The highest BCUT2D eigenvalue weighted by molar-refractivity contribution is 7.18. The van der Waals surface area contributed by atoms with Crippen molar-refractivity contribution in [1.29, 1.82) is 0 Å². The lowest BCUT2D eigenvalue weighted by molar-refractivity contribution is -0.380. The van der Waals surface area contributed by atoms with Gasteiger partial charge in [-0.05, 0) is 24.2 Å². The number of rotatable bonds is 7. The van der Waals surface area contributed by atoms with E-state index in [-0.39, 0.29) is 16.8 Å². The minimum absolute atomic E-state index is 0.0482. The summed E-state index contributed by atoms with van der Waals surface area (Å²) < 4.78 is 0. The summed E-state index contributed by atoms with van der Waals surface area (Å²) in [6, 6.07) is 0. The van der Waals surface area contributed by atoms with Crippen molar-refractivity contribution in [2.45, 2.75) is 39.5 Å². The van der Waals surface area contributed by atoms with Crippen molar-refractivity contribution >= 4 is 27.4 Å². The molecule has 1 heterocycles. The van der Waals surface area contributed by atoms with Gasteiger partial charge < -0.3 is 5.32 Å². The van der Waals surface area contributed by atoms with E-state index in [1.54, 1.807) is 0 Å². The van der Waals surface area contributed by atoms with Gasteiger partial charge in [0, 0.05) is 5.92 Å². The number of aromatic nitrogens is 1. The molecule has 6 nitrogen and oxygen atoms in total. The lowest BCUT2D eigenvalue weighted by atomic mass is 9.99. The first-order valence-corrected chi connectivity index (χ1v) is 6.81. The van der Waals surface area contributed by atoms with E-state index in [4.69, 9.17) is 0 Å². The van der Waals surface area contributed by atoms with Crippen LogP contribution in [0.4, 0.5) is 10.1 Å². The van der Waals surface area contributed by atoms with Crippen LogP contribution in [0.3, 0.4) is 0 Å². The monoisotopic (exact) mass is 271 g/mol. The second-order valence-corrected chi connectivity index (χ2v) is 5.01. The van der Waals surface area contributed by atoms with Crippen LogP contribution >= 0.6 is 11.3 Å². The first kappa shape index (κ1) is 14.6. The normalized spacial score (nSPS) is 12.1. The molecule has 1 aromatic heterocycles. The predicted octanol–water partition coefficient (Wildman–Crippen LogP) is 3.21. The third-order valence-corrected chi connectivity index (χ3v) is 3.54. The molecule has 18 heavy (non-hydrogen) atoms. The smallest absolute Gasteiger partial charge is 0.302 e. The summed E-state index contributed by atoms with van der Waals surface area (Å²) in [5, 5.41) is 13.4. The van der Waals surface area contributed by atoms with Crippen LogP contribution < -0.4 is 5.32 Å². The maximum Gasteiger partial charge on any atom is 0.345 e. The number of hydrogen-bond donors (Lipinski definition) is 1. The molecule has 0 saturated heterocycles. The van der Waals surface area contributed by atoms with Crippen LogP contribution in [-0.4, -0.2) is 15.8 Å². The van der Waals surface area contributed by atoms with Crippen molar-refractivity contribution < 1.29 is 9.72 Å². The zero-order valence-corrected chi connectivity index (χ0v) is 11.3. The molecule has 0 aliphatic heterocycles. The Morgan fingerprint density at radius 2 is 2.33 bits per heavy atom. The zero-order chi connectivity index (χ0) is 13.5. The van der Waals surface area contributed by atoms with Gasteiger partial charge in [0.1, 0.15) is 6.20 Å². The van der Waals surface area contributed by atoms with E-state index in [1.165, 1.54) is 0 Å². The highest BCUT2D eigenvalue weighted by Gasteiger charge is 2.19. The number of anilines is 1. The molecule has 0 spiro atoms. The van der Waals surface area contributed by atoms with Crippen LogP contribution in [0.2, 0.25) is 0 Å². The maximum atomic E-state index is 11.9. The number of nitrogens with one attached hydrogen (secondary N) is 1. The molecule has 1 N–H and O–H groups in total. The van der Waals surface area contributed by atoms with Crippen LogP contribution in [0.5, 0.6) is 0 Å². The van der Waals surface area contributed by atoms with Gasteiger partial charge in [-0.2, -0.15) is 0 Å². The number of nitro groups is 1. The number of unbranched alkanes of at least 4 members (excludes halogenated alkanes) is 1. The number of thiazole rings is 1. The van der Waals surface area contributed by atoms with Gasteiger partial charge in [0.05, 0.1) is 4.92 Å². The quantitative estimate of drug-likeness (QED) is 0.609. The number of carbonyl (C=O) groups is 1. The minimum atomic E-state index is -0.512. The molecule has 100 valence electrons. The van der Waals surface area contributed by atoms with Gasteiger partial charge in [-0.15, -0.1) is 0 Å². The van der Waals surface area contributed by atoms with E-state index in [1.807, 2.05) is 6.92 Å². The van der Waals surface area contributed by atoms with Crippen molar-refractivity contribution in [2.75, 3.05) is 5.32 Å². The molecule has 0 aromatic carbocycles. The molecule has 1 atom stereocenters. The van der Waals surface area contributed by atoms with Crippen LogP contribution in [0.25, 0.3) is 0 Å². The van der Waals surface area contributed by atoms with Gasteiger partial charge in [-0.25, -0.2) is 4.98 Å². The summed E-state index contributed by atoms with van der Waals surface area (Å²) in [7, 11) is 0. The molecule has 0 radical (unpaired) electrons. The van der Waals surface area contributed by atoms with E-state index in [2.05, 4.69) is 17.2 Å². The number of nitrogens with zero attached hydrogens (tertiary/aromatic N) is 2. The average Bonchev–Trinajstić information content (AvgIpc) is 2.78. The summed E-state index contributed by atoms with van der Waals surface area (Å²) in [6.07, 6.45) is 4.81. The molecular weight excluding hydrogens is 254 g/mol. The number of carbonyl (C=O) groups excluding carboxylic acids is 1. The summed E-state index contributed by atoms with van der Waals surface area (Å²) >= 11 is 0.879. The fourth-order valence-electron chi connectivity index (χ4n) is 1.59. The van der Waals surface area contributed by atoms with Crippen molar-refractivity contribution in [3.63, 3.8) is 0 Å². The summed E-state index contributed by atoms with van der Waals surface area (Å²) in [5.74, 6) is -0.150. The summed E-state index contributed by atoms with van der Waals surface area (Å²) in [5.41, 5.74) is 0. The van der Waals surface area contributed by atoms with E-state index in [0.29, 0.717) is 5.13 Å². The minimum Gasteiger partial charge on any atom is -0.302 e. The molecular formula is C11H17N3O3S. The predicted molar refractivity (Wildman–Crippen MR) is 70.7 cm³/mol. The van der Waals surface area contributed by atoms with Crippen molar-refractivity contribution in [2.24, 2.45) is 5.92 Å². The fourth-order valence-corrected chi connectivity index (χ4v) is 2.22. The third kappa shape index (κ3) is 4.06. The first-order chi connectivity index (χ1) is 8.58. The topological polar surface area (TPSA) is 85.1 Å². The summed E-state index contributed by atoms with van der Waals surface area (Å²) in [4.78, 5) is 25.7. The molecule has 0 unspecified atom stereocenters. The van der Waals surface area contributed by atoms with Crippen LogP contribution in [0.15, 0.2) is 6.20 Å².